The van der Waals surface area contributed by atoms with Gasteiger partial charge in [0, 0.05) is 18.3 Å². The van der Waals surface area contributed by atoms with E-state index in [9.17, 15) is 4.79 Å². The quantitative estimate of drug-likeness (QED) is 0.770. The maximum Gasteiger partial charge on any atom is 0.163 e. The van der Waals surface area contributed by atoms with E-state index in [-0.39, 0.29) is 5.78 Å². The summed E-state index contributed by atoms with van der Waals surface area (Å²) in [5, 5.41) is 0. The predicted molar refractivity (Wildman–Crippen MR) is 74.6 cm³/mol. The second kappa shape index (κ2) is 6.14. The summed E-state index contributed by atoms with van der Waals surface area (Å²) in [5.41, 5.74) is 2.68. The van der Waals surface area contributed by atoms with Crippen LogP contribution in [0.25, 0.3) is 0 Å². The van der Waals surface area contributed by atoms with Crippen LogP contribution in [0.1, 0.15) is 28.5 Å². The molecule has 0 aliphatic carbocycles. The molecule has 0 saturated carbocycles. The predicted octanol–water partition coefficient (Wildman–Crippen LogP) is 3.21. The van der Waals surface area contributed by atoms with Crippen molar-refractivity contribution in [3.8, 4) is 5.75 Å². The van der Waals surface area contributed by atoms with Gasteiger partial charge in [-0.3, -0.25) is 9.78 Å². The number of aromatic nitrogens is 1. The minimum atomic E-state index is 0.0246. The van der Waals surface area contributed by atoms with Crippen LogP contribution in [-0.2, 0) is 6.42 Å². The summed E-state index contributed by atoms with van der Waals surface area (Å²) in [6.07, 6.45) is 2.49. The Labute approximate surface area is 113 Å². The van der Waals surface area contributed by atoms with Crippen molar-refractivity contribution in [3.05, 3.63) is 59.4 Å². The first-order valence-corrected chi connectivity index (χ1v) is 6.31. The molecule has 1 aromatic carbocycles. The van der Waals surface area contributed by atoms with Crippen LogP contribution in [0.5, 0.6) is 5.75 Å². The normalized spacial score (nSPS) is 10.2. The number of ketones is 1. The number of carbonyl (C=O) groups is 1. The summed E-state index contributed by atoms with van der Waals surface area (Å²) in [6, 6.07) is 11.5. The van der Waals surface area contributed by atoms with Crippen LogP contribution in [0.2, 0.25) is 0 Å². The first kappa shape index (κ1) is 13.3. The van der Waals surface area contributed by atoms with Crippen molar-refractivity contribution in [1.82, 2.24) is 4.98 Å². The molecule has 0 saturated heterocycles. The molecule has 0 aliphatic rings. The Morgan fingerprint density at radius 2 is 2.11 bits per heavy atom. The van der Waals surface area contributed by atoms with E-state index in [4.69, 9.17) is 4.74 Å². The lowest BCUT2D eigenvalue weighted by Gasteiger charge is -2.10. The molecular formula is C16H17NO2. The maximum absolute atomic E-state index is 11.6. The lowest BCUT2D eigenvalue weighted by Crippen LogP contribution is -2.06. The molecule has 0 atom stereocenters. The average Bonchev–Trinajstić information content (AvgIpc) is 2.41. The van der Waals surface area contributed by atoms with Crippen LogP contribution in [0.4, 0.5) is 0 Å². The summed E-state index contributed by atoms with van der Waals surface area (Å²) < 4.78 is 5.70. The lowest BCUT2D eigenvalue weighted by molar-refractivity contribution is 0.101. The molecule has 1 aromatic heterocycles. The smallest absolute Gasteiger partial charge is 0.163 e. The zero-order valence-corrected chi connectivity index (χ0v) is 11.2. The topological polar surface area (TPSA) is 39.2 Å². The second-order valence-corrected chi connectivity index (χ2v) is 4.48. The fourth-order valence-electron chi connectivity index (χ4n) is 1.86. The van der Waals surface area contributed by atoms with Gasteiger partial charge in [0.1, 0.15) is 5.75 Å². The highest BCUT2D eigenvalue weighted by Gasteiger charge is 2.08. The fourth-order valence-corrected chi connectivity index (χ4v) is 1.86. The monoisotopic (exact) mass is 255 g/mol. The molecule has 0 aliphatic heterocycles. The van der Waals surface area contributed by atoms with Crippen molar-refractivity contribution in [1.29, 1.82) is 0 Å². The van der Waals surface area contributed by atoms with Gasteiger partial charge in [0.2, 0.25) is 0 Å². The van der Waals surface area contributed by atoms with Crippen LogP contribution in [0.3, 0.4) is 0 Å². The van der Waals surface area contributed by atoms with Gasteiger partial charge in [-0.25, -0.2) is 0 Å². The third-order valence-corrected chi connectivity index (χ3v) is 2.86. The maximum atomic E-state index is 11.6. The van der Waals surface area contributed by atoms with Gasteiger partial charge in [-0.15, -0.1) is 0 Å². The van der Waals surface area contributed by atoms with Gasteiger partial charge >= 0.3 is 0 Å². The molecule has 3 heteroatoms. The third-order valence-electron chi connectivity index (χ3n) is 2.86. The summed E-state index contributed by atoms with van der Waals surface area (Å²) in [4.78, 5) is 15.8. The number of hydrogen-bond acceptors (Lipinski definition) is 3. The molecule has 2 rings (SSSR count). The highest BCUT2D eigenvalue weighted by atomic mass is 16.5. The SMILES string of the molecule is CC(=O)c1cc(C)ccc1OCCc1ccccn1. The average molecular weight is 255 g/mol. The first-order chi connectivity index (χ1) is 9.16. The van der Waals surface area contributed by atoms with Gasteiger partial charge in [-0.2, -0.15) is 0 Å². The van der Waals surface area contributed by atoms with Gasteiger partial charge in [-0.05, 0) is 38.1 Å². The van der Waals surface area contributed by atoms with Crippen molar-refractivity contribution < 1.29 is 9.53 Å². The number of Topliss-reactive ketones (excluding diaryl/α,β-unsaturated/α-hetero) is 1. The number of carbonyl (C=O) groups excluding carboxylic acids is 1. The molecule has 3 nitrogen and oxygen atoms in total. The summed E-state index contributed by atoms with van der Waals surface area (Å²) in [6.45, 7) is 4.03. The summed E-state index contributed by atoms with van der Waals surface area (Å²) >= 11 is 0. The van der Waals surface area contributed by atoms with Crippen molar-refractivity contribution in [2.75, 3.05) is 6.61 Å². The van der Waals surface area contributed by atoms with Gasteiger partial charge < -0.3 is 4.74 Å². The molecule has 2 aromatic rings. The number of rotatable bonds is 5. The fraction of sp³-hybridized carbons (Fsp3) is 0.250. The molecule has 0 bridgehead atoms. The van der Waals surface area contributed by atoms with E-state index < -0.39 is 0 Å². The van der Waals surface area contributed by atoms with E-state index in [1.807, 2.05) is 43.3 Å². The van der Waals surface area contributed by atoms with E-state index in [2.05, 4.69) is 4.98 Å². The Hall–Kier alpha value is -2.16. The molecule has 0 radical (unpaired) electrons. The largest absolute Gasteiger partial charge is 0.492 e. The lowest BCUT2D eigenvalue weighted by atomic mass is 10.1. The number of pyridine rings is 1. The second-order valence-electron chi connectivity index (χ2n) is 4.48. The van der Waals surface area contributed by atoms with Crippen molar-refractivity contribution in [3.63, 3.8) is 0 Å². The molecule has 98 valence electrons. The van der Waals surface area contributed by atoms with E-state index in [1.54, 1.807) is 13.1 Å². The van der Waals surface area contributed by atoms with Gasteiger partial charge in [0.05, 0.1) is 12.2 Å². The Morgan fingerprint density at radius 3 is 2.79 bits per heavy atom. The molecule has 19 heavy (non-hydrogen) atoms. The highest BCUT2D eigenvalue weighted by molar-refractivity contribution is 5.97. The Kier molecular flexibility index (Phi) is 4.29. The van der Waals surface area contributed by atoms with Crippen LogP contribution < -0.4 is 4.74 Å². The van der Waals surface area contributed by atoms with Gasteiger partial charge in [0.25, 0.3) is 0 Å². The van der Waals surface area contributed by atoms with E-state index >= 15 is 0 Å². The van der Waals surface area contributed by atoms with Crippen LogP contribution in [0.15, 0.2) is 42.6 Å². The van der Waals surface area contributed by atoms with Crippen LogP contribution in [0, 0.1) is 6.92 Å². The number of benzene rings is 1. The van der Waals surface area contributed by atoms with E-state index in [0.29, 0.717) is 17.9 Å². The summed E-state index contributed by atoms with van der Waals surface area (Å²) in [7, 11) is 0. The first-order valence-electron chi connectivity index (χ1n) is 6.31. The van der Waals surface area contributed by atoms with Crippen LogP contribution in [-0.4, -0.2) is 17.4 Å². The van der Waals surface area contributed by atoms with Crippen molar-refractivity contribution in [2.24, 2.45) is 0 Å². The molecule has 0 N–H and O–H groups in total. The Balaban J connectivity index is 2.02. The van der Waals surface area contributed by atoms with Gasteiger partial charge in [-0.1, -0.05) is 17.7 Å². The minimum Gasteiger partial charge on any atom is -0.492 e. The zero-order chi connectivity index (χ0) is 13.7. The van der Waals surface area contributed by atoms with E-state index in [0.717, 1.165) is 17.7 Å². The molecule has 0 fully saturated rings. The van der Waals surface area contributed by atoms with E-state index in [1.165, 1.54) is 0 Å². The summed E-state index contributed by atoms with van der Waals surface area (Å²) in [5.74, 6) is 0.672. The minimum absolute atomic E-state index is 0.0246. The highest BCUT2D eigenvalue weighted by Crippen LogP contribution is 2.20. The number of nitrogens with zero attached hydrogens (tertiary/aromatic N) is 1. The molecule has 1 heterocycles. The molecule has 0 spiro atoms. The Morgan fingerprint density at radius 1 is 1.26 bits per heavy atom. The standard InChI is InChI=1S/C16H17NO2/c1-12-6-7-16(15(11-12)13(2)18)19-10-8-14-5-3-4-9-17-14/h3-7,9,11H,8,10H2,1-2H3. The number of ether oxygens (including phenoxy) is 1. The molecular weight excluding hydrogens is 238 g/mol. The van der Waals surface area contributed by atoms with Crippen molar-refractivity contribution >= 4 is 5.78 Å². The third kappa shape index (κ3) is 3.65. The Bertz CT molecular complexity index is 564. The molecule has 0 amide bonds. The van der Waals surface area contributed by atoms with Crippen molar-refractivity contribution in [2.45, 2.75) is 20.3 Å². The van der Waals surface area contributed by atoms with Crippen LogP contribution >= 0.6 is 0 Å². The van der Waals surface area contributed by atoms with Gasteiger partial charge in [0.15, 0.2) is 5.78 Å². The molecule has 0 unspecified atom stereocenters. The number of hydrogen-bond donors (Lipinski definition) is 0. The number of aryl methyl sites for hydroxylation is 1. The zero-order valence-electron chi connectivity index (χ0n) is 11.2.